The fraction of sp³-hybridized carbons (Fsp3) is 0.600. The number of thioether (sulfide) groups is 1. The molecule has 36 heavy (non-hydrogen) atoms. The molecule has 0 radical (unpaired) electrons. The van der Waals surface area contributed by atoms with Gasteiger partial charge in [-0.15, -0.1) is 11.8 Å². The highest BCUT2D eigenvalue weighted by Crippen LogP contribution is 2.46. The first-order valence-electron chi connectivity index (χ1n) is 12.1. The SMILES string of the molecule is COC(=O)NCCN1C(=O)C(C)(C)Sc2cc(C)c(C(=O)N(C(C)C)[C@@H]3CCCN(C(=O)O)C3)cc21. The number of ether oxygens (including phenoxy) is 1. The molecule has 2 aliphatic rings. The lowest BCUT2D eigenvalue weighted by molar-refractivity contribution is -0.120. The van der Waals surface area contributed by atoms with Crippen molar-refractivity contribution in [3.63, 3.8) is 0 Å². The van der Waals surface area contributed by atoms with E-state index in [0.717, 1.165) is 16.9 Å². The summed E-state index contributed by atoms with van der Waals surface area (Å²) in [5, 5.41) is 12.1. The summed E-state index contributed by atoms with van der Waals surface area (Å²) in [4.78, 5) is 55.9. The Kier molecular flexibility index (Phi) is 8.43. The molecule has 4 amide bonds. The third kappa shape index (κ3) is 5.71. The largest absolute Gasteiger partial charge is 0.465 e. The zero-order valence-electron chi connectivity index (χ0n) is 21.8. The molecule has 1 aromatic rings. The number of benzene rings is 1. The molecule has 2 N–H and O–H groups in total. The van der Waals surface area contributed by atoms with E-state index in [4.69, 9.17) is 0 Å². The van der Waals surface area contributed by atoms with Gasteiger partial charge in [-0.05, 0) is 65.2 Å². The molecule has 1 atom stereocenters. The Labute approximate surface area is 216 Å². The first kappa shape index (κ1) is 27.6. The lowest BCUT2D eigenvalue weighted by atomic mass is 9.99. The van der Waals surface area contributed by atoms with Gasteiger partial charge in [-0.1, -0.05) is 0 Å². The number of alkyl carbamates (subject to hydrolysis) is 1. The molecular formula is C25H36N4O6S. The standard InChI is InChI=1S/C25H36N4O6S/c1-15(2)29(17-8-7-10-27(14-17)24(33)34)21(30)18-13-19-20(12-16(18)3)36-25(4,5)22(31)28(19)11-9-26-23(32)35-6/h12-13,15,17H,7-11,14H2,1-6H3,(H,26,32)(H,33,34)/t17-/m1/s1. The van der Waals surface area contributed by atoms with Crippen LogP contribution in [-0.2, 0) is 9.53 Å². The number of rotatable bonds is 6. The maximum Gasteiger partial charge on any atom is 0.407 e. The van der Waals surface area contributed by atoms with Gasteiger partial charge in [0.1, 0.15) is 0 Å². The Morgan fingerprint density at radius 2 is 2.00 bits per heavy atom. The molecule has 0 aromatic heterocycles. The molecule has 11 heteroatoms. The highest BCUT2D eigenvalue weighted by molar-refractivity contribution is 8.01. The number of anilines is 1. The number of hydrogen-bond donors (Lipinski definition) is 2. The van der Waals surface area contributed by atoms with E-state index in [2.05, 4.69) is 10.1 Å². The number of fused-ring (bicyclic) bond motifs is 1. The number of likely N-dealkylation sites (tertiary alicyclic amines) is 1. The second-order valence-electron chi connectivity index (χ2n) is 9.95. The average Bonchev–Trinajstić information content (AvgIpc) is 2.80. The van der Waals surface area contributed by atoms with Gasteiger partial charge in [-0.25, -0.2) is 9.59 Å². The van der Waals surface area contributed by atoms with Crippen LogP contribution < -0.4 is 10.2 Å². The maximum atomic E-state index is 13.9. The van der Waals surface area contributed by atoms with E-state index >= 15 is 0 Å². The Morgan fingerprint density at radius 1 is 1.31 bits per heavy atom. The van der Waals surface area contributed by atoms with Crippen molar-refractivity contribution in [2.45, 2.75) is 69.2 Å². The molecule has 10 nitrogen and oxygen atoms in total. The number of carbonyl (C=O) groups excluding carboxylic acids is 3. The summed E-state index contributed by atoms with van der Waals surface area (Å²) >= 11 is 1.45. The van der Waals surface area contributed by atoms with Crippen molar-refractivity contribution >= 4 is 41.5 Å². The number of amides is 4. The van der Waals surface area contributed by atoms with Gasteiger partial charge in [0.15, 0.2) is 0 Å². The normalized spacial score (nSPS) is 19.1. The Hall–Kier alpha value is -2.95. The van der Waals surface area contributed by atoms with Crippen LogP contribution >= 0.6 is 11.8 Å². The smallest absolute Gasteiger partial charge is 0.407 e. The van der Waals surface area contributed by atoms with Gasteiger partial charge in [0.25, 0.3) is 5.91 Å². The Balaban J connectivity index is 1.96. The molecule has 0 unspecified atom stereocenters. The molecule has 1 aromatic carbocycles. The number of hydrogen-bond acceptors (Lipinski definition) is 6. The molecule has 2 heterocycles. The van der Waals surface area contributed by atoms with Gasteiger partial charge in [0, 0.05) is 42.7 Å². The molecule has 0 aliphatic carbocycles. The van der Waals surface area contributed by atoms with Crippen molar-refractivity contribution in [1.82, 2.24) is 15.1 Å². The van der Waals surface area contributed by atoms with Crippen molar-refractivity contribution < 1.29 is 29.0 Å². The van der Waals surface area contributed by atoms with Crippen LogP contribution in [0, 0.1) is 6.92 Å². The summed E-state index contributed by atoms with van der Waals surface area (Å²) in [5.41, 5.74) is 1.90. The zero-order valence-corrected chi connectivity index (χ0v) is 22.6. The summed E-state index contributed by atoms with van der Waals surface area (Å²) in [6, 6.07) is 3.33. The first-order chi connectivity index (χ1) is 16.9. The average molecular weight is 521 g/mol. The highest BCUT2D eigenvalue weighted by Gasteiger charge is 2.41. The van der Waals surface area contributed by atoms with Gasteiger partial charge in [0.2, 0.25) is 5.91 Å². The second-order valence-corrected chi connectivity index (χ2v) is 11.6. The molecule has 2 aliphatic heterocycles. The number of carbonyl (C=O) groups is 4. The number of nitrogens with one attached hydrogen (secondary N) is 1. The van der Waals surface area contributed by atoms with E-state index in [1.807, 2.05) is 40.7 Å². The van der Waals surface area contributed by atoms with Crippen LogP contribution in [0.5, 0.6) is 0 Å². The fourth-order valence-electron chi connectivity index (χ4n) is 4.83. The van der Waals surface area contributed by atoms with Crippen LogP contribution in [0.4, 0.5) is 15.3 Å². The Morgan fingerprint density at radius 3 is 2.61 bits per heavy atom. The van der Waals surface area contributed by atoms with Crippen molar-refractivity contribution in [1.29, 1.82) is 0 Å². The minimum atomic E-state index is -0.977. The number of aryl methyl sites for hydroxylation is 1. The summed E-state index contributed by atoms with van der Waals surface area (Å²) in [6.07, 6.45) is -0.137. The van der Waals surface area contributed by atoms with Crippen molar-refractivity contribution in [2.75, 3.05) is 38.2 Å². The predicted molar refractivity (Wildman–Crippen MR) is 138 cm³/mol. The van der Waals surface area contributed by atoms with Crippen LogP contribution in [0.3, 0.4) is 0 Å². The summed E-state index contributed by atoms with van der Waals surface area (Å²) < 4.78 is 3.92. The molecule has 0 saturated carbocycles. The molecule has 0 bridgehead atoms. The molecule has 3 rings (SSSR count). The maximum absolute atomic E-state index is 13.9. The van der Waals surface area contributed by atoms with E-state index in [1.54, 1.807) is 15.9 Å². The predicted octanol–water partition coefficient (Wildman–Crippen LogP) is 3.56. The molecular weight excluding hydrogens is 484 g/mol. The minimum absolute atomic E-state index is 0.112. The van der Waals surface area contributed by atoms with E-state index in [-0.39, 0.29) is 43.5 Å². The Bertz CT molecular complexity index is 1040. The van der Waals surface area contributed by atoms with Gasteiger partial charge in [-0.2, -0.15) is 0 Å². The molecule has 198 valence electrons. The van der Waals surface area contributed by atoms with Gasteiger partial charge >= 0.3 is 12.2 Å². The minimum Gasteiger partial charge on any atom is -0.465 e. The van der Waals surface area contributed by atoms with Crippen molar-refractivity contribution in [3.8, 4) is 0 Å². The summed E-state index contributed by atoms with van der Waals surface area (Å²) in [7, 11) is 1.28. The number of methoxy groups -OCH3 is 1. The van der Waals surface area contributed by atoms with Crippen LogP contribution in [0.15, 0.2) is 17.0 Å². The monoisotopic (exact) mass is 520 g/mol. The zero-order chi connectivity index (χ0) is 26.8. The lowest BCUT2D eigenvalue weighted by Crippen LogP contribution is -2.54. The third-order valence-corrected chi connectivity index (χ3v) is 7.83. The van der Waals surface area contributed by atoms with Crippen molar-refractivity contribution in [2.24, 2.45) is 0 Å². The van der Waals surface area contributed by atoms with Crippen LogP contribution in [0.2, 0.25) is 0 Å². The molecule has 0 spiro atoms. The fourth-order valence-corrected chi connectivity index (χ4v) is 6.08. The number of piperidine rings is 1. The third-order valence-electron chi connectivity index (χ3n) is 6.59. The topological polar surface area (TPSA) is 119 Å². The van der Waals surface area contributed by atoms with Gasteiger partial charge < -0.3 is 29.9 Å². The molecule has 1 saturated heterocycles. The van der Waals surface area contributed by atoms with E-state index in [1.165, 1.54) is 23.8 Å². The van der Waals surface area contributed by atoms with E-state index < -0.39 is 16.9 Å². The van der Waals surface area contributed by atoms with E-state index in [9.17, 15) is 24.3 Å². The molecule has 1 fully saturated rings. The second kappa shape index (κ2) is 11.0. The summed E-state index contributed by atoms with van der Waals surface area (Å²) in [6.45, 7) is 10.6. The van der Waals surface area contributed by atoms with Crippen LogP contribution in [0.25, 0.3) is 0 Å². The number of nitrogens with zero attached hydrogens (tertiary/aromatic N) is 3. The van der Waals surface area contributed by atoms with Crippen molar-refractivity contribution in [3.05, 3.63) is 23.3 Å². The van der Waals surface area contributed by atoms with Crippen LogP contribution in [0.1, 0.15) is 56.5 Å². The highest BCUT2D eigenvalue weighted by atomic mass is 32.2. The van der Waals surface area contributed by atoms with Crippen LogP contribution in [-0.4, -0.2) is 89.0 Å². The lowest BCUT2D eigenvalue weighted by Gasteiger charge is -2.41. The quantitative estimate of drug-likeness (QED) is 0.589. The van der Waals surface area contributed by atoms with Gasteiger partial charge in [-0.3, -0.25) is 9.59 Å². The number of carboxylic acid groups (broad SMARTS) is 1. The first-order valence-corrected chi connectivity index (χ1v) is 13.0. The van der Waals surface area contributed by atoms with Gasteiger partial charge in [0.05, 0.1) is 23.6 Å². The summed E-state index contributed by atoms with van der Waals surface area (Å²) in [5.74, 6) is -0.295. The van der Waals surface area contributed by atoms with E-state index in [0.29, 0.717) is 24.2 Å².